The lowest BCUT2D eigenvalue weighted by Crippen LogP contribution is -1.69. The standard InChI is InChI=1S/C14H14N2/c1-3-5-10-13(9-4-2)15-16-14-11-7-6-8-12-14/h3-12H,1-2H2/b10-5-,13-9+,16-15?. The molecule has 0 amide bonds. The molecule has 1 aromatic carbocycles. The van der Waals surface area contributed by atoms with Crippen molar-refractivity contribution >= 4 is 5.69 Å². The van der Waals surface area contributed by atoms with E-state index in [0.29, 0.717) is 0 Å². The molecule has 0 bridgehead atoms. The highest BCUT2D eigenvalue weighted by atomic mass is 15.1. The fourth-order valence-corrected chi connectivity index (χ4v) is 1.02. The van der Waals surface area contributed by atoms with E-state index >= 15 is 0 Å². The number of rotatable bonds is 5. The molecule has 0 aliphatic rings. The summed E-state index contributed by atoms with van der Waals surface area (Å²) < 4.78 is 0. The number of benzene rings is 1. The van der Waals surface area contributed by atoms with Crippen LogP contribution >= 0.6 is 0 Å². The van der Waals surface area contributed by atoms with Crippen molar-refractivity contribution in [2.75, 3.05) is 0 Å². The molecule has 0 aliphatic heterocycles. The molecule has 16 heavy (non-hydrogen) atoms. The van der Waals surface area contributed by atoms with Gasteiger partial charge in [0.25, 0.3) is 0 Å². The Hall–Kier alpha value is -2.22. The topological polar surface area (TPSA) is 24.7 Å². The number of allylic oxidation sites excluding steroid dienone is 5. The lowest BCUT2D eigenvalue weighted by molar-refractivity contribution is 1.17. The van der Waals surface area contributed by atoms with Crippen molar-refractivity contribution in [2.24, 2.45) is 10.2 Å². The normalized spacial score (nSPS) is 12.1. The van der Waals surface area contributed by atoms with Crippen molar-refractivity contribution in [3.05, 3.63) is 79.6 Å². The minimum Gasteiger partial charge on any atom is -0.151 e. The van der Waals surface area contributed by atoms with Gasteiger partial charge in [-0.2, -0.15) is 10.2 Å². The third-order valence-corrected chi connectivity index (χ3v) is 1.73. The highest BCUT2D eigenvalue weighted by Gasteiger charge is 1.87. The number of nitrogens with zero attached hydrogens (tertiary/aromatic N) is 2. The maximum absolute atomic E-state index is 4.10. The summed E-state index contributed by atoms with van der Waals surface area (Å²) in [5.41, 5.74) is 1.56. The Kier molecular flexibility index (Phi) is 5.28. The molecular weight excluding hydrogens is 196 g/mol. The van der Waals surface area contributed by atoms with Crippen LogP contribution in [-0.4, -0.2) is 0 Å². The highest BCUT2D eigenvalue weighted by molar-refractivity contribution is 5.35. The average Bonchev–Trinajstić information content (AvgIpc) is 2.34. The van der Waals surface area contributed by atoms with Crippen LogP contribution in [0, 0.1) is 0 Å². The molecule has 80 valence electrons. The summed E-state index contributed by atoms with van der Waals surface area (Å²) in [4.78, 5) is 0. The van der Waals surface area contributed by atoms with Crippen LogP contribution in [0.15, 0.2) is 89.8 Å². The molecule has 0 unspecified atom stereocenters. The van der Waals surface area contributed by atoms with Crippen molar-refractivity contribution in [2.45, 2.75) is 0 Å². The number of hydrogen-bond donors (Lipinski definition) is 0. The Morgan fingerprint density at radius 1 is 1.06 bits per heavy atom. The SMILES string of the molecule is C=C/C=C\C(=C/C=C)N=Nc1ccccc1. The lowest BCUT2D eigenvalue weighted by atomic mass is 10.3. The van der Waals surface area contributed by atoms with Gasteiger partial charge < -0.3 is 0 Å². The fourth-order valence-electron chi connectivity index (χ4n) is 1.02. The maximum atomic E-state index is 4.10. The van der Waals surface area contributed by atoms with Crippen LogP contribution in [0.4, 0.5) is 5.69 Å². The summed E-state index contributed by atoms with van der Waals surface area (Å²) >= 11 is 0. The summed E-state index contributed by atoms with van der Waals surface area (Å²) in [6.07, 6.45) is 8.77. The molecule has 0 radical (unpaired) electrons. The zero-order valence-electron chi connectivity index (χ0n) is 9.08. The van der Waals surface area contributed by atoms with E-state index in [-0.39, 0.29) is 0 Å². The molecule has 0 N–H and O–H groups in total. The monoisotopic (exact) mass is 210 g/mol. The molecule has 2 heteroatoms. The second-order valence-corrected chi connectivity index (χ2v) is 2.96. The zero-order chi connectivity index (χ0) is 11.6. The molecule has 0 aromatic heterocycles. The highest BCUT2D eigenvalue weighted by Crippen LogP contribution is 2.12. The van der Waals surface area contributed by atoms with Gasteiger partial charge in [0, 0.05) is 0 Å². The summed E-state index contributed by atoms with van der Waals surface area (Å²) in [6.45, 7) is 7.22. The third-order valence-electron chi connectivity index (χ3n) is 1.73. The van der Waals surface area contributed by atoms with Crippen molar-refractivity contribution < 1.29 is 0 Å². The summed E-state index contributed by atoms with van der Waals surface area (Å²) in [7, 11) is 0. The zero-order valence-corrected chi connectivity index (χ0v) is 9.08. The van der Waals surface area contributed by atoms with E-state index in [1.54, 1.807) is 24.3 Å². The Bertz CT molecular complexity index is 425. The van der Waals surface area contributed by atoms with Gasteiger partial charge in [-0.15, -0.1) is 0 Å². The first-order valence-corrected chi connectivity index (χ1v) is 4.95. The van der Waals surface area contributed by atoms with Crippen LogP contribution in [-0.2, 0) is 0 Å². The summed E-state index contributed by atoms with van der Waals surface area (Å²) in [5.74, 6) is 0. The molecule has 0 saturated heterocycles. The molecule has 0 aliphatic carbocycles. The van der Waals surface area contributed by atoms with Crippen LogP contribution in [0.1, 0.15) is 0 Å². The average molecular weight is 210 g/mol. The molecule has 1 rings (SSSR count). The van der Waals surface area contributed by atoms with Crippen molar-refractivity contribution in [3.8, 4) is 0 Å². The maximum Gasteiger partial charge on any atom is 0.0857 e. The van der Waals surface area contributed by atoms with Crippen molar-refractivity contribution in [3.63, 3.8) is 0 Å². The van der Waals surface area contributed by atoms with Gasteiger partial charge >= 0.3 is 0 Å². The molecule has 0 fully saturated rings. The van der Waals surface area contributed by atoms with Crippen LogP contribution in [0.25, 0.3) is 0 Å². The Morgan fingerprint density at radius 3 is 2.44 bits per heavy atom. The molecular formula is C14H14N2. The first-order valence-electron chi connectivity index (χ1n) is 4.95. The second-order valence-electron chi connectivity index (χ2n) is 2.96. The lowest BCUT2D eigenvalue weighted by Gasteiger charge is -1.91. The Labute approximate surface area is 96.0 Å². The second kappa shape index (κ2) is 7.12. The van der Waals surface area contributed by atoms with Gasteiger partial charge in [0.2, 0.25) is 0 Å². The minimum atomic E-state index is 0.735. The summed E-state index contributed by atoms with van der Waals surface area (Å²) in [5, 5.41) is 8.20. The van der Waals surface area contributed by atoms with Crippen molar-refractivity contribution in [1.82, 2.24) is 0 Å². The van der Waals surface area contributed by atoms with Gasteiger partial charge in [-0.3, -0.25) is 0 Å². The van der Waals surface area contributed by atoms with E-state index in [2.05, 4.69) is 23.4 Å². The molecule has 0 spiro atoms. The van der Waals surface area contributed by atoms with Crippen LogP contribution in [0.2, 0.25) is 0 Å². The Balaban J connectivity index is 2.80. The molecule has 2 nitrogen and oxygen atoms in total. The van der Waals surface area contributed by atoms with E-state index in [1.807, 2.05) is 36.4 Å². The molecule has 0 heterocycles. The predicted molar refractivity (Wildman–Crippen MR) is 68.6 cm³/mol. The van der Waals surface area contributed by atoms with Crippen LogP contribution in [0.5, 0.6) is 0 Å². The van der Waals surface area contributed by atoms with Crippen LogP contribution < -0.4 is 0 Å². The van der Waals surface area contributed by atoms with Gasteiger partial charge in [-0.1, -0.05) is 49.6 Å². The van der Waals surface area contributed by atoms with E-state index in [9.17, 15) is 0 Å². The van der Waals surface area contributed by atoms with E-state index < -0.39 is 0 Å². The van der Waals surface area contributed by atoms with Gasteiger partial charge in [-0.25, -0.2) is 0 Å². The van der Waals surface area contributed by atoms with Gasteiger partial charge in [0.05, 0.1) is 11.4 Å². The van der Waals surface area contributed by atoms with E-state index in [4.69, 9.17) is 0 Å². The van der Waals surface area contributed by atoms with Gasteiger partial charge in [0.1, 0.15) is 0 Å². The Morgan fingerprint density at radius 2 is 1.81 bits per heavy atom. The first kappa shape index (κ1) is 11.9. The smallest absolute Gasteiger partial charge is 0.0857 e. The summed E-state index contributed by atoms with van der Waals surface area (Å²) in [6, 6.07) is 9.57. The largest absolute Gasteiger partial charge is 0.151 e. The molecule has 0 saturated carbocycles. The molecule has 0 atom stereocenters. The number of azo groups is 1. The quantitative estimate of drug-likeness (QED) is 0.502. The van der Waals surface area contributed by atoms with Gasteiger partial charge in [-0.05, 0) is 24.3 Å². The van der Waals surface area contributed by atoms with Crippen molar-refractivity contribution in [1.29, 1.82) is 0 Å². The predicted octanol–water partition coefficient (Wildman–Crippen LogP) is 4.58. The fraction of sp³-hybridized carbons (Fsp3) is 0. The number of hydrogen-bond acceptors (Lipinski definition) is 2. The van der Waals surface area contributed by atoms with E-state index in [0.717, 1.165) is 11.4 Å². The third kappa shape index (κ3) is 4.33. The van der Waals surface area contributed by atoms with E-state index in [1.165, 1.54) is 0 Å². The first-order chi connectivity index (χ1) is 7.86. The van der Waals surface area contributed by atoms with Crippen LogP contribution in [0.3, 0.4) is 0 Å². The van der Waals surface area contributed by atoms with Gasteiger partial charge in [0.15, 0.2) is 0 Å². The molecule has 1 aromatic rings. The minimum absolute atomic E-state index is 0.735.